The minimum Gasteiger partial charge on any atom is -0.484 e. The Bertz CT molecular complexity index is 643. The molecule has 0 amide bonds. The molecular weight excluding hydrogens is 329 g/mol. The smallest absolute Gasteiger partial charge is 0.138 e. The fourth-order valence-electron chi connectivity index (χ4n) is 2.33. The Morgan fingerprint density at radius 1 is 0.952 bits per heavy atom. The fourth-order valence-corrected chi connectivity index (χ4v) is 2.81. The van der Waals surface area contributed by atoms with Crippen molar-refractivity contribution in [1.29, 1.82) is 0 Å². The molecule has 2 aromatic rings. The standard InChI is InChI=1S/C16H14Cl3NO/c17-12-6-5-10(7-14(12)19)16(11-8-20-9-11)21-15-4-2-1-3-13(15)18/h1-7,11,16,20H,8-9H2. The molecule has 1 atom stereocenters. The minimum absolute atomic E-state index is 0.0964. The van der Waals surface area contributed by atoms with E-state index in [1.165, 1.54) is 0 Å². The maximum Gasteiger partial charge on any atom is 0.138 e. The van der Waals surface area contributed by atoms with Crippen LogP contribution in [0.15, 0.2) is 42.5 Å². The molecule has 0 radical (unpaired) electrons. The van der Waals surface area contributed by atoms with Crippen LogP contribution in [0.25, 0.3) is 0 Å². The Kier molecular flexibility index (Phi) is 4.60. The zero-order valence-corrected chi connectivity index (χ0v) is 13.4. The molecular formula is C16H14Cl3NO. The highest BCUT2D eigenvalue weighted by Gasteiger charge is 2.31. The van der Waals surface area contributed by atoms with E-state index in [0.29, 0.717) is 26.7 Å². The third kappa shape index (κ3) is 3.29. The molecule has 1 saturated heterocycles. The molecule has 110 valence electrons. The summed E-state index contributed by atoms with van der Waals surface area (Å²) >= 11 is 18.3. The molecule has 0 spiro atoms. The van der Waals surface area contributed by atoms with Crippen LogP contribution in [0.5, 0.6) is 5.75 Å². The average molecular weight is 343 g/mol. The summed E-state index contributed by atoms with van der Waals surface area (Å²) in [5.41, 5.74) is 1.01. The van der Waals surface area contributed by atoms with E-state index in [1.807, 2.05) is 36.4 Å². The highest BCUT2D eigenvalue weighted by Crippen LogP contribution is 2.36. The predicted molar refractivity (Wildman–Crippen MR) is 87.6 cm³/mol. The molecule has 0 aromatic heterocycles. The number of hydrogen-bond donors (Lipinski definition) is 1. The molecule has 2 nitrogen and oxygen atoms in total. The minimum atomic E-state index is -0.0964. The van der Waals surface area contributed by atoms with Crippen molar-refractivity contribution >= 4 is 34.8 Å². The van der Waals surface area contributed by atoms with Gasteiger partial charge in [-0.1, -0.05) is 53.0 Å². The zero-order valence-electron chi connectivity index (χ0n) is 11.2. The Labute approximate surface area is 139 Å². The summed E-state index contributed by atoms with van der Waals surface area (Å²) in [6.07, 6.45) is -0.0964. The first-order chi connectivity index (χ1) is 10.1. The van der Waals surface area contributed by atoms with Gasteiger partial charge in [-0.05, 0) is 29.8 Å². The van der Waals surface area contributed by atoms with Crippen LogP contribution in [0.2, 0.25) is 15.1 Å². The first-order valence-electron chi connectivity index (χ1n) is 6.72. The second kappa shape index (κ2) is 6.45. The lowest BCUT2D eigenvalue weighted by molar-refractivity contribution is 0.0994. The number of nitrogens with one attached hydrogen (secondary N) is 1. The van der Waals surface area contributed by atoms with Gasteiger partial charge in [0.1, 0.15) is 11.9 Å². The number of hydrogen-bond acceptors (Lipinski definition) is 2. The zero-order chi connectivity index (χ0) is 14.8. The number of ether oxygens (including phenoxy) is 1. The van der Waals surface area contributed by atoms with Crippen molar-refractivity contribution in [2.24, 2.45) is 5.92 Å². The summed E-state index contributed by atoms with van der Waals surface area (Å²) in [5.74, 6) is 1.07. The highest BCUT2D eigenvalue weighted by molar-refractivity contribution is 6.42. The second-order valence-corrected chi connectivity index (χ2v) is 6.28. The normalized spacial score (nSPS) is 16.3. The molecule has 1 aliphatic heterocycles. The van der Waals surface area contributed by atoms with E-state index >= 15 is 0 Å². The van der Waals surface area contributed by atoms with E-state index in [1.54, 1.807) is 6.07 Å². The van der Waals surface area contributed by atoms with Gasteiger partial charge in [0.25, 0.3) is 0 Å². The van der Waals surface area contributed by atoms with Gasteiger partial charge in [0.15, 0.2) is 0 Å². The molecule has 3 rings (SSSR count). The number of benzene rings is 2. The lowest BCUT2D eigenvalue weighted by Gasteiger charge is -2.35. The Balaban J connectivity index is 1.90. The van der Waals surface area contributed by atoms with Gasteiger partial charge in [-0.3, -0.25) is 0 Å². The SMILES string of the molecule is Clc1ccc(C(Oc2ccccc2Cl)C2CNC2)cc1Cl. The van der Waals surface area contributed by atoms with Crippen molar-refractivity contribution < 1.29 is 4.74 Å². The molecule has 1 N–H and O–H groups in total. The molecule has 1 fully saturated rings. The van der Waals surface area contributed by atoms with Gasteiger partial charge < -0.3 is 10.1 Å². The summed E-state index contributed by atoms with van der Waals surface area (Å²) < 4.78 is 6.16. The molecule has 0 bridgehead atoms. The Morgan fingerprint density at radius 2 is 1.71 bits per heavy atom. The lowest BCUT2D eigenvalue weighted by Crippen LogP contribution is -2.46. The van der Waals surface area contributed by atoms with Crippen LogP contribution in [-0.4, -0.2) is 13.1 Å². The van der Waals surface area contributed by atoms with Crippen LogP contribution in [0.4, 0.5) is 0 Å². The van der Waals surface area contributed by atoms with Crippen molar-refractivity contribution in [3.8, 4) is 5.75 Å². The van der Waals surface area contributed by atoms with Gasteiger partial charge in [-0.2, -0.15) is 0 Å². The predicted octanol–water partition coefficient (Wildman–Crippen LogP) is 4.99. The van der Waals surface area contributed by atoms with E-state index in [2.05, 4.69) is 5.32 Å². The van der Waals surface area contributed by atoms with Crippen molar-refractivity contribution in [3.05, 3.63) is 63.1 Å². The molecule has 0 aliphatic carbocycles. The summed E-state index contributed by atoms with van der Waals surface area (Å²) in [6, 6.07) is 13.1. The van der Waals surface area contributed by atoms with Crippen molar-refractivity contribution in [3.63, 3.8) is 0 Å². The van der Waals surface area contributed by atoms with E-state index in [4.69, 9.17) is 39.5 Å². The number of halogens is 3. The Morgan fingerprint density at radius 3 is 2.33 bits per heavy atom. The summed E-state index contributed by atoms with van der Waals surface area (Å²) in [6.45, 7) is 1.82. The van der Waals surface area contributed by atoms with Crippen LogP contribution in [0, 0.1) is 5.92 Å². The molecule has 0 saturated carbocycles. The topological polar surface area (TPSA) is 21.3 Å². The molecule has 2 aromatic carbocycles. The third-order valence-electron chi connectivity index (χ3n) is 3.60. The lowest BCUT2D eigenvalue weighted by atomic mass is 9.91. The van der Waals surface area contributed by atoms with Crippen LogP contribution in [0.3, 0.4) is 0 Å². The van der Waals surface area contributed by atoms with Gasteiger partial charge in [0, 0.05) is 19.0 Å². The summed E-state index contributed by atoms with van der Waals surface area (Å²) in [4.78, 5) is 0. The number of rotatable bonds is 4. The average Bonchev–Trinajstić information content (AvgIpc) is 2.41. The molecule has 1 heterocycles. The largest absolute Gasteiger partial charge is 0.484 e. The quantitative estimate of drug-likeness (QED) is 0.845. The second-order valence-electron chi connectivity index (χ2n) is 5.06. The van der Waals surface area contributed by atoms with Crippen LogP contribution < -0.4 is 10.1 Å². The molecule has 21 heavy (non-hydrogen) atoms. The Hall–Kier alpha value is -0.930. The highest BCUT2D eigenvalue weighted by atomic mass is 35.5. The van der Waals surface area contributed by atoms with Crippen molar-refractivity contribution in [2.45, 2.75) is 6.10 Å². The maximum absolute atomic E-state index is 6.19. The van der Waals surface area contributed by atoms with Gasteiger partial charge in [0.2, 0.25) is 0 Å². The van der Waals surface area contributed by atoms with Gasteiger partial charge in [-0.25, -0.2) is 0 Å². The molecule has 1 unspecified atom stereocenters. The number of para-hydroxylation sites is 1. The summed E-state index contributed by atoms with van der Waals surface area (Å²) in [7, 11) is 0. The monoisotopic (exact) mass is 341 g/mol. The summed E-state index contributed by atoms with van der Waals surface area (Å²) in [5, 5.41) is 4.95. The van der Waals surface area contributed by atoms with Crippen LogP contribution in [0.1, 0.15) is 11.7 Å². The van der Waals surface area contributed by atoms with E-state index in [-0.39, 0.29) is 6.10 Å². The van der Waals surface area contributed by atoms with E-state index in [9.17, 15) is 0 Å². The van der Waals surface area contributed by atoms with E-state index in [0.717, 1.165) is 18.7 Å². The molecule has 5 heteroatoms. The van der Waals surface area contributed by atoms with Crippen LogP contribution >= 0.6 is 34.8 Å². The van der Waals surface area contributed by atoms with Crippen molar-refractivity contribution in [2.75, 3.05) is 13.1 Å². The van der Waals surface area contributed by atoms with Gasteiger partial charge >= 0.3 is 0 Å². The third-order valence-corrected chi connectivity index (χ3v) is 4.66. The van der Waals surface area contributed by atoms with Crippen molar-refractivity contribution in [1.82, 2.24) is 5.32 Å². The first kappa shape index (κ1) is 15.0. The fraction of sp³-hybridized carbons (Fsp3) is 0.250. The van der Waals surface area contributed by atoms with Crippen LogP contribution in [-0.2, 0) is 0 Å². The maximum atomic E-state index is 6.19. The van der Waals surface area contributed by atoms with E-state index < -0.39 is 0 Å². The van der Waals surface area contributed by atoms with Gasteiger partial charge in [0.05, 0.1) is 15.1 Å². The first-order valence-corrected chi connectivity index (χ1v) is 7.85. The van der Waals surface area contributed by atoms with Gasteiger partial charge in [-0.15, -0.1) is 0 Å². The molecule has 1 aliphatic rings.